The highest BCUT2D eigenvalue weighted by atomic mass is 15.3. The van der Waals surface area contributed by atoms with Crippen LogP contribution in [0.5, 0.6) is 0 Å². The largest absolute Gasteiger partial charge is 0.316 e. The molecule has 94 valence electrons. The molecule has 16 heavy (non-hydrogen) atoms. The number of likely N-dealkylation sites (N-methyl/N-ethyl adjacent to an activating group) is 1. The van der Waals surface area contributed by atoms with Gasteiger partial charge in [0.1, 0.15) is 0 Å². The molecular weight excluding hydrogens is 198 g/mol. The molecule has 1 N–H and O–H groups in total. The minimum Gasteiger partial charge on any atom is -0.316 e. The van der Waals surface area contributed by atoms with Crippen molar-refractivity contribution in [3.8, 4) is 0 Å². The Balaban J connectivity index is 1.74. The van der Waals surface area contributed by atoms with Crippen molar-refractivity contribution in [2.45, 2.75) is 32.7 Å². The number of piperazine rings is 1. The second-order valence-electron chi connectivity index (χ2n) is 5.45. The minimum atomic E-state index is 0.746. The number of nitrogens with one attached hydrogen (secondary N) is 1. The number of hydrogen-bond donors (Lipinski definition) is 1. The van der Waals surface area contributed by atoms with E-state index in [4.69, 9.17) is 0 Å². The third kappa shape index (κ3) is 3.19. The zero-order chi connectivity index (χ0) is 11.4. The summed E-state index contributed by atoms with van der Waals surface area (Å²) in [5.41, 5.74) is 0. The van der Waals surface area contributed by atoms with Crippen molar-refractivity contribution in [3.63, 3.8) is 0 Å². The number of piperidine rings is 1. The fourth-order valence-corrected chi connectivity index (χ4v) is 3.15. The van der Waals surface area contributed by atoms with E-state index in [9.17, 15) is 0 Å². The molecule has 2 atom stereocenters. The maximum Gasteiger partial charge on any atom is 0.0195 e. The van der Waals surface area contributed by atoms with E-state index in [2.05, 4.69) is 29.0 Å². The number of rotatable bonds is 3. The van der Waals surface area contributed by atoms with Gasteiger partial charge in [-0.15, -0.1) is 0 Å². The van der Waals surface area contributed by atoms with E-state index in [1.54, 1.807) is 0 Å². The summed E-state index contributed by atoms with van der Waals surface area (Å²) in [7, 11) is 0. The van der Waals surface area contributed by atoms with Crippen LogP contribution in [-0.4, -0.2) is 61.7 Å². The van der Waals surface area contributed by atoms with Crippen LogP contribution >= 0.6 is 0 Å². The molecule has 0 aliphatic carbocycles. The summed E-state index contributed by atoms with van der Waals surface area (Å²) in [6.45, 7) is 13.4. The highest BCUT2D eigenvalue weighted by Crippen LogP contribution is 2.15. The minimum absolute atomic E-state index is 0.746. The van der Waals surface area contributed by atoms with Crippen LogP contribution in [0.25, 0.3) is 0 Å². The molecule has 2 aliphatic heterocycles. The first kappa shape index (κ1) is 12.3. The van der Waals surface area contributed by atoms with Gasteiger partial charge in [-0.3, -0.25) is 4.90 Å². The first-order valence-corrected chi connectivity index (χ1v) is 6.96. The Morgan fingerprint density at radius 2 is 2.19 bits per heavy atom. The second kappa shape index (κ2) is 5.99. The van der Waals surface area contributed by atoms with Crippen molar-refractivity contribution in [2.24, 2.45) is 5.92 Å². The summed E-state index contributed by atoms with van der Waals surface area (Å²) < 4.78 is 0. The topological polar surface area (TPSA) is 18.5 Å². The van der Waals surface area contributed by atoms with Crippen LogP contribution in [0, 0.1) is 5.92 Å². The van der Waals surface area contributed by atoms with Gasteiger partial charge in [-0.05, 0) is 45.3 Å². The lowest BCUT2D eigenvalue weighted by molar-refractivity contribution is 0.0738. The van der Waals surface area contributed by atoms with Crippen LogP contribution in [0.2, 0.25) is 0 Å². The average molecular weight is 225 g/mol. The summed E-state index contributed by atoms with van der Waals surface area (Å²) in [5.74, 6) is 0.897. The van der Waals surface area contributed by atoms with Gasteiger partial charge in [0.2, 0.25) is 0 Å². The van der Waals surface area contributed by atoms with Crippen molar-refractivity contribution in [3.05, 3.63) is 0 Å². The van der Waals surface area contributed by atoms with Gasteiger partial charge < -0.3 is 10.2 Å². The van der Waals surface area contributed by atoms with Crippen LogP contribution in [0.1, 0.15) is 26.7 Å². The fraction of sp³-hybridized carbons (Fsp3) is 1.00. The summed E-state index contributed by atoms with van der Waals surface area (Å²) >= 11 is 0. The van der Waals surface area contributed by atoms with Crippen molar-refractivity contribution in [1.82, 2.24) is 15.1 Å². The van der Waals surface area contributed by atoms with Crippen molar-refractivity contribution < 1.29 is 0 Å². The first-order chi connectivity index (χ1) is 7.79. The lowest BCUT2D eigenvalue weighted by Gasteiger charge is -2.41. The average Bonchev–Trinajstić information content (AvgIpc) is 2.31. The molecule has 3 nitrogen and oxygen atoms in total. The van der Waals surface area contributed by atoms with Gasteiger partial charge in [-0.25, -0.2) is 0 Å². The van der Waals surface area contributed by atoms with E-state index in [0.29, 0.717) is 0 Å². The van der Waals surface area contributed by atoms with Gasteiger partial charge in [0.15, 0.2) is 0 Å². The van der Waals surface area contributed by atoms with Gasteiger partial charge in [0, 0.05) is 32.2 Å². The Hall–Kier alpha value is -0.120. The van der Waals surface area contributed by atoms with Gasteiger partial charge in [-0.2, -0.15) is 0 Å². The molecule has 0 aromatic carbocycles. The van der Waals surface area contributed by atoms with Gasteiger partial charge in [0.05, 0.1) is 0 Å². The van der Waals surface area contributed by atoms with Crippen LogP contribution in [0.3, 0.4) is 0 Å². The van der Waals surface area contributed by atoms with Crippen LogP contribution < -0.4 is 5.32 Å². The molecule has 0 amide bonds. The van der Waals surface area contributed by atoms with Crippen molar-refractivity contribution in [1.29, 1.82) is 0 Å². The summed E-state index contributed by atoms with van der Waals surface area (Å²) in [6, 6.07) is 0.746. The molecule has 2 unspecified atom stereocenters. The highest BCUT2D eigenvalue weighted by molar-refractivity contribution is 4.81. The molecule has 2 rings (SSSR count). The van der Waals surface area contributed by atoms with E-state index < -0.39 is 0 Å². The molecule has 2 saturated heterocycles. The number of hydrogen-bond acceptors (Lipinski definition) is 3. The number of nitrogens with zero attached hydrogens (tertiary/aromatic N) is 2. The van der Waals surface area contributed by atoms with E-state index in [1.807, 2.05) is 0 Å². The molecule has 2 heterocycles. The lowest BCUT2D eigenvalue weighted by atomic mass is 9.98. The first-order valence-electron chi connectivity index (χ1n) is 6.96. The van der Waals surface area contributed by atoms with Crippen molar-refractivity contribution >= 4 is 0 Å². The van der Waals surface area contributed by atoms with Gasteiger partial charge in [0.25, 0.3) is 0 Å². The monoisotopic (exact) mass is 225 g/mol. The maximum absolute atomic E-state index is 3.52. The molecule has 2 aliphatic rings. The third-order valence-electron chi connectivity index (χ3n) is 4.17. The molecular formula is C13H27N3. The van der Waals surface area contributed by atoms with Gasteiger partial charge >= 0.3 is 0 Å². The lowest BCUT2D eigenvalue weighted by Crippen LogP contribution is -2.53. The predicted molar refractivity (Wildman–Crippen MR) is 68.7 cm³/mol. The zero-order valence-electron chi connectivity index (χ0n) is 10.9. The standard InChI is InChI=1S/C13H27N3/c1-3-16-8-7-15(10-12(16)2)11-13-5-4-6-14-9-13/h12-14H,3-11H2,1-2H3. The van der Waals surface area contributed by atoms with Crippen LogP contribution in [0.15, 0.2) is 0 Å². The van der Waals surface area contributed by atoms with Crippen molar-refractivity contribution in [2.75, 3.05) is 45.8 Å². The predicted octanol–water partition coefficient (Wildman–Crippen LogP) is 1.01. The van der Waals surface area contributed by atoms with E-state index >= 15 is 0 Å². The highest BCUT2D eigenvalue weighted by Gasteiger charge is 2.24. The molecule has 3 heteroatoms. The Kier molecular flexibility index (Phi) is 4.62. The molecule has 2 fully saturated rings. The third-order valence-corrected chi connectivity index (χ3v) is 4.17. The molecule has 0 aromatic rings. The summed E-state index contributed by atoms with van der Waals surface area (Å²) in [5, 5.41) is 3.52. The normalized spacial score (nSPS) is 34.1. The quantitative estimate of drug-likeness (QED) is 0.773. The van der Waals surface area contributed by atoms with E-state index in [-0.39, 0.29) is 0 Å². The van der Waals surface area contributed by atoms with Crippen LogP contribution in [0.4, 0.5) is 0 Å². The van der Waals surface area contributed by atoms with E-state index in [1.165, 1.54) is 58.7 Å². The molecule has 0 saturated carbocycles. The van der Waals surface area contributed by atoms with Crippen LogP contribution in [-0.2, 0) is 0 Å². The maximum atomic E-state index is 3.52. The molecule has 0 bridgehead atoms. The summed E-state index contributed by atoms with van der Waals surface area (Å²) in [6.07, 6.45) is 2.80. The smallest absolute Gasteiger partial charge is 0.0195 e. The SMILES string of the molecule is CCN1CCN(CC2CCCNC2)CC1C. The zero-order valence-corrected chi connectivity index (χ0v) is 10.9. The molecule has 0 aromatic heterocycles. The molecule has 0 radical (unpaired) electrons. The van der Waals surface area contributed by atoms with E-state index in [0.717, 1.165) is 12.0 Å². The Morgan fingerprint density at radius 3 is 2.81 bits per heavy atom. The van der Waals surface area contributed by atoms with Gasteiger partial charge in [-0.1, -0.05) is 6.92 Å². The Morgan fingerprint density at radius 1 is 1.31 bits per heavy atom. The Labute approximate surface area is 100 Å². The summed E-state index contributed by atoms with van der Waals surface area (Å²) in [4.78, 5) is 5.27. The Bertz CT molecular complexity index is 201. The molecule has 0 spiro atoms. The fourth-order valence-electron chi connectivity index (χ4n) is 3.15. The second-order valence-corrected chi connectivity index (χ2v) is 5.45.